The molecule has 454 valence electrons. The van der Waals surface area contributed by atoms with Gasteiger partial charge in [0.2, 0.25) is 16.9 Å². The second-order valence-electron chi connectivity index (χ2n) is 18.0. The molecule has 0 radical (unpaired) electrons. The Hall–Kier alpha value is -7.34. The first-order valence-corrected chi connectivity index (χ1v) is 34.6. The predicted octanol–water partition coefficient (Wildman–Crippen LogP) is 9.32. The Morgan fingerprint density at radius 1 is 0.709 bits per heavy atom. The van der Waals surface area contributed by atoms with Crippen molar-refractivity contribution in [1.29, 1.82) is 5.26 Å². The third-order valence-corrected chi connectivity index (χ3v) is 19.5. The van der Waals surface area contributed by atoms with Crippen LogP contribution in [0.4, 0.5) is 39.3 Å². The predicted molar refractivity (Wildman–Crippen MR) is 308 cm³/mol. The number of carbonyl (C=O) groups excluding carboxylic acids is 1. The third-order valence-electron chi connectivity index (χ3n) is 11.9. The number of aromatic nitrogens is 3. The number of nitriles is 1. The highest BCUT2D eigenvalue weighted by atomic mass is 35.5. The number of nitrogens with zero attached hydrogens (tertiary/aromatic N) is 10. The van der Waals surface area contributed by atoms with E-state index in [1.807, 2.05) is 6.07 Å². The zero-order valence-corrected chi connectivity index (χ0v) is 50.7. The summed E-state index contributed by atoms with van der Waals surface area (Å²) >= 11 is 7.51. The largest absolute Gasteiger partial charge is 0.493 e. The van der Waals surface area contributed by atoms with Crippen LogP contribution in [0.15, 0.2) is 110 Å². The van der Waals surface area contributed by atoms with E-state index in [0.29, 0.717) is 23.5 Å². The highest BCUT2D eigenvalue weighted by Crippen LogP contribution is 2.46. The molecule has 0 aliphatic carbocycles. The van der Waals surface area contributed by atoms with Gasteiger partial charge in [-0.05, 0) is 86.5 Å². The summed E-state index contributed by atoms with van der Waals surface area (Å²) in [4.78, 5) is 17.2. The van der Waals surface area contributed by atoms with Crippen molar-refractivity contribution >= 4 is 178 Å². The van der Waals surface area contributed by atoms with Crippen molar-refractivity contribution in [2.75, 3.05) is 29.2 Å². The first-order chi connectivity index (χ1) is 39.8. The minimum Gasteiger partial charge on any atom is -0.493 e. The minimum absolute atomic E-state index is 0.00384. The molecule has 8 aromatic rings. The molecule has 1 amide bonds. The van der Waals surface area contributed by atoms with E-state index in [1.54, 1.807) is 0 Å². The van der Waals surface area contributed by atoms with Crippen molar-refractivity contribution in [1.82, 2.24) is 14.4 Å². The number of thioether (sulfide) groups is 1. The van der Waals surface area contributed by atoms with Gasteiger partial charge >= 0.3 is 0 Å². The van der Waals surface area contributed by atoms with E-state index in [2.05, 4.69) is 46.0 Å². The van der Waals surface area contributed by atoms with E-state index in [9.17, 15) is 93.0 Å². The van der Waals surface area contributed by atoms with Gasteiger partial charge in [0.05, 0.1) is 55.1 Å². The number of hydrogen-bond donors (Lipinski definition) is 8. The van der Waals surface area contributed by atoms with Gasteiger partial charge in [0.25, 0.3) is 60.7 Å². The highest BCUT2D eigenvalue weighted by Gasteiger charge is 2.29. The molecule has 0 aliphatic heterocycles. The zero-order chi connectivity index (χ0) is 63.4. The summed E-state index contributed by atoms with van der Waals surface area (Å²) in [6.45, 7) is 3.65. The van der Waals surface area contributed by atoms with Gasteiger partial charge in [-0.2, -0.15) is 60.9 Å². The number of nitrogens with one attached hydrogen (secondary N) is 1. The van der Waals surface area contributed by atoms with E-state index in [4.69, 9.17) is 16.3 Å². The van der Waals surface area contributed by atoms with Crippen molar-refractivity contribution < 1.29 is 92.5 Å². The van der Waals surface area contributed by atoms with Crippen molar-refractivity contribution in [2.24, 2.45) is 30.7 Å². The Balaban J connectivity index is 1.24. The minimum atomic E-state index is -5.36. The number of ether oxygens (including phenoxy) is 1. The SMILES string of the molecule is CC(=O)Nc1cc(N=Nc2cc(OCCCS(=O)(=O)O)c(N=Nc3c(C)c(C#N)c4nc5cc(Cl)c(S(=O)(=O)O)cc5n4c3O)cc2C)c(SCCCS(=O)(=O)O)cc1N=Nc1nc2c(S(=O)(=O)O)cc3c(S(=O)(=O)O)cc(S(=O)(=O)O)cc3c2s1. The van der Waals surface area contributed by atoms with Crippen molar-refractivity contribution in [3.8, 4) is 17.7 Å². The molecule has 0 aliphatic rings. The van der Waals surface area contributed by atoms with Crippen molar-refractivity contribution in [3.05, 3.63) is 76.3 Å². The average molecular weight is 1360 g/mol. The summed E-state index contributed by atoms with van der Waals surface area (Å²) < 4.78 is 211. The number of thiazole rings is 1. The molecule has 41 heteroatoms. The van der Waals surface area contributed by atoms with E-state index >= 15 is 0 Å². The second kappa shape index (κ2) is 24.1. The molecule has 0 atom stereocenters. The van der Waals surface area contributed by atoms with Crippen LogP contribution in [0.3, 0.4) is 0 Å². The third kappa shape index (κ3) is 14.6. The molecule has 0 fully saturated rings. The number of carbonyl (C=O) groups is 1. The summed E-state index contributed by atoms with van der Waals surface area (Å²) in [5, 5.41) is 48.0. The Labute approximate surface area is 498 Å². The summed E-state index contributed by atoms with van der Waals surface area (Å²) in [6.07, 6.45) is -0.408. The first-order valence-electron chi connectivity index (χ1n) is 23.4. The molecule has 5 aromatic carbocycles. The molecule has 3 aromatic heterocycles. The van der Waals surface area contributed by atoms with Crippen molar-refractivity contribution in [2.45, 2.75) is 58.1 Å². The van der Waals surface area contributed by atoms with Crippen LogP contribution in [-0.2, 0) is 65.5 Å². The average Bonchev–Trinajstić information content (AvgIpc) is 1.46. The zero-order valence-electron chi connectivity index (χ0n) is 43.4. The molecule has 0 saturated heterocycles. The number of anilines is 1. The number of pyridine rings is 1. The van der Waals surface area contributed by atoms with Gasteiger partial charge in [-0.3, -0.25) is 36.5 Å². The lowest BCUT2D eigenvalue weighted by Crippen LogP contribution is -2.08. The molecular formula is C45H38ClN11O21S8. The second-order valence-corrected chi connectivity index (χ2v) is 29.2. The van der Waals surface area contributed by atoms with Crippen LogP contribution in [0.1, 0.15) is 36.5 Å². The fraction of sp³-hybridized carbons (Fsp3) is 0.200. The number of fused-ring (bicyclic) bond motifs is 6. The molecule has 8 rings (SSSR count). The van der Waals surface area contributed by atoms with Crippen LogP contribution in [0.25, 0.3) is 37.7 Å². The maximum atomic E-state index is 12.7. The van der Waals surface area contributed by atoms with Gasteiger partial charge in [0.1, 0.15) is 54.6 Å². The monoisotopic (exact) mass is 1360 g/mol. The number of amides is 1. The van der Waals surface area contributed by atoms with E-state index in [1.165, 1.54) is 38.1 Å². The smallest absolute Gasteiger partial charge is 0.296 e. The summed E-state index contributed by atoms with van der Waals surface area (Å²) in [6, 6.07) is 10.8. The van der Waals surface area contributed by atoms with Gasteiger partial charge in [-0.1, -0.05) is 22.9 Å². The van der Waals surface area contributed by atoms with Crippen molar-refractivity contribution in [3.63, 3.8) is 0 Å². The Kier molecular flexibility index (Phi) is 18.1. The fourth-order valence-corrected chi connectivity index (χ4v) is 14.2. The van der Waals surface area contributed by atoms with Crippen LogP contribution in [-0.4, -0.2) is 127 Å². The number of hydrogen-bond acceptors (Lipinski definition) is 26. The number of aryl methyl sites for hydroxylation is 1. The highest BCUT2D eigenvalue weighted by molar-refractivity contribution is 7.99. The Morgan fingerprint density at radius 3 is 1.95 bits per heavy atom. The van der Waals surface area contributed by atoms with Gasteiger partial charge in [-0.25, -0.2) is 9.97 Å². The number of benzene rings is 5. The van der Waals surface area contributed by atoms with Crippen LogP contribution in [0.2, 0.25) is 5.02 Å². The molecular weight excluding hydrogens is 1320 g/mol. The molecule has 0 bridgehead atoms. The van der Waals surface area contributed by atoms with Crippen LogP contribution in [0, 0.1) is 25.2 Å². The fourth-order valence-electron chi connectivity index (χ4n) is 8.11. The number of azo groups is 3. The maximum Gasteiger partial charge on any atom is 0.296 e. The lowest BCUT2D eigenvalue weighted by Gasteiger charge is -2.13. The summed E-state index contributed by atoms with van der Waals surface area (Å²) in [5.41, 5.74) is -1.54. The van der Waals surface area contributed by atoms with E-state index in [0.717, 1.165) is 41.3 Å². The van der Waals surface area contributed by atoms with Gasteiger partial charge in [-0.15, -0.1) is 37.3 Å². The molecule has 0 spiro atoms. The first kappa shape index (κ1) is 64.7. The molecule has 0 saturated carbocycles. The van der Waals surface area contributed by atoms with Crippen LogP contribution in [0.5, 0.6) is 11.6 Å². The maximum absolute atomic E-state index is 12.7. The van der Waals surface area contributed by atoms with E-state index < -0.39 is 130 Å². The van der Waals surface area contributed by atoms with Gasteiger partial charge in [0.15, 0.2) is 11.3 Å². The molecule has 86 heavy (non-hydrogen) atoms. The Morgan fingerprint density at radius 2 is 1.34 bits per heavy atom. The lowest BCUT2D eigenvalue weighted by molar-refractivity contribution is -0.114. The number of rotatable bonds is 21. The summed E-state index contributed by atoms with van der Waals surface area (Å²) in [7, 11) is -29.6. The van der Waals surface area contributed by atoms with Crippen LogP contribution < -0.4 is 10.1 Å². The topological polar surface area (TPSA) is 513 Å². The van der Waals surface area contributed by atoms with Crippen LogP contribution >= 0.6 is 34.7 Å². The molecule has 32 nitrogen and oxygen atoms in total. The standard InChI is InChI=1S/C45H38ClN11O21S8/c1-20-10-32(53-55-40-21(2)26(19-47)43-49-31-14-27(46)38(85(72,73)74)18-34(31)57(43)44(40)59)35(78-6-4-8-81(60,61)62)16-28(20)51-54-33-15-29(48-22(3)58)30(17-36(33)79-7-5-9-82(63,64)65)52-56-45-50-41-39(86(75,76)77)13-24-25(42(41)80-45)11-23(83(66,67)68)12-37(24)84(69,70)71/h10-18,59H,4-9H2,1-3H3,(H,48,58)(H,60,61,62)(H,63,64,65)(H,66,67,68)(H,69,70,71)(H,72,73,74)(H,75,76,77). The van der Waals surface area contributed by atoms with Gasteiger partial charge < -0.3 is 15.2 Å². The quantitative estimate of drug-likeness (QED) is 0.0144. The molecule has 3 heterocycles. The van der Waals surface area contributed by atoms with Gasteiger partial charge in [0, 0.05) is 34.2 Å². The summed E-state index contributed by atoms with van der Waals surface area (Å²) in [5.74, 6) is -3.01. The lowest BCUT2D eigenvalue weighted by atomic mass is 10.1. The number of halogens is 1. The number of aromatic hydroxyl groups is 1. The molecule has 0 unspecified atom stereocenters. The number of imidazole rings is 1. The molecule has 8 N–H and O–H groups in total. The van der Waals surface area contributed by atoms with E-state index in [-0.39, 0.29) is 108 Å². The Bertz CT molecular complexity index is 5090. The normalized spacial score (nSPS) is 13.1.